The number of carbonyl (C=O) groups is 1. The molecular weight excluding hydrogens is 342 g/mol. The van der Waals surface area contributed by atoms with Crippen molar-refractivity contribution in [3.63, 3.8) is 0 Å². The summed E-state index contributed by atoms with van der Waals surface area (Å²) in [5.41, 5.74) is 2.12. The number of likely N-dealkylation sites (tertiary alicyclic amines) is 1. The van der Waals surface area contributed by atoms with E-state index in [0.29, 0.717) is 13.0 Å². The van der Waals surface area contributed by atoms with Gasteiger partial charge in [-0.15, -0.1) is 0 Å². The van der Waals surface area contributed by atoms with E-state index in [9.17, 15) is 9.90 Å². The smallest absolute Gasteiger partial charge is 0.222 e. The molecule has 1 amide bonds. The van der Waals surface area contributed by atoms with Gasteiger partial charge in [0.2, 0.25) is 5.91 Å². The Morgan fingerprint density at radius 2 is 2.00 bits per heavy atom. The van der Waals surface area contributed by atoms with Crippen molar-refractivity contribution in [1.29, 1.82) is 0 Å². The fourth-order valence-electron chi connectivity index (χ4n) is 4.38. The van der Waals surface area contributed by atoms with Crippen LogP contribution in [0.15, 0.2) is 18.2 Å². The van der Waals surface area contributed by atoms with E-state index in [4.69, 9.17) is 4.74 Å². The number of aliphatic hydroxyl groups excluding tert-OH is 1. The van der Waals surface area contributed by atoms with E-state index >= 15 is 0 Å². The van der Waals surface area contributed by atoms with Crippen LogP contribution in [0.1, 0.15) is 37.3 Å². The van der Waals surface area contributed by atoms with Crippen molar-refractivity contribution in [3.8, 4) is 5.75 Å². The summed E-state index contributed by atoms with van der Waals surface area (Å²) in [5, 5.41) is 9.65. The summed E-state index contributed by atoms with van der Waals surface area (Å²) in [7, 11) is 4.12. The number of rotatable bonds is 5. The van der Waals surface area contributed by atoms with Gasteiger partial charge >= 0.3 is 0 Å². The Morgan fingerprint density at radius 3 is 2.74 bits per heavy atom. The third-order valence-corrected chi connectivity index (χ3v) is 6.22. The Bertz CT molecular complexity index is 666. The highest BCUT2D eigenvalue weighted by atomic mass is 16.5. The summed E-state index contributed by atoms with van der Waals surface area (Å²) in [6.45, 7) is 7.24. The fourth-order valence-corrected chi connectivity index (χ4v) is 4.38. The Kier molecular flexibility index (Phi) is 6.40. The first kappa shape index (κ1) is 20.1. The molecular formula is C21H33N3O3. The molecule has 2 aliphatic heterocycles. The van der Waals surface area contributed by atoms with Gasteiger partial charge in [-0.05, 0) is 44.5 Å². The molecule has 2 fully saturated rings. The van der Waals surface area contributed by atoms with Crippen molar-refractivity contribution in [2.24, 2.45) is 0 Å². The van der Waals surface area contributed by atoms with E-state index < -0.39 is 0 Å². The molecule has 1 unspecified atom stereocenters. The van der Waals surface area contributed by atoms with Gasteiger partial charge in [0.25, 0.3) is 0 Å². The van der Waals surface area contributed by atoms with Gasteiger partial charge in [-0.2, -0.15) is 0 Å². The van der Waals surface area contributed by atoms with Crippen molar-refractivity contribution in [1.82, 2.24) is 14.7 Å². The zero-order valence-corrected chi connectivity index (χ0v) is 16.9. The number of hydrogen-bond donors (Lipinski definition) is 1. The molecule has 3 rings (SSSR count). The summed E-state index contributed by atoms with van der Waals surface area (Å²) < 4.78 is 5.59. The average molecular weight is 376 g/mol. The quantitative estimate of drug-likeness (QED) is 0.849. The maximum Gasteiger partial charge on any atom is 0.222 e. The second-order valence-electron chi connectivity index (χ2n) is 7.96. The van der Waals surface area contributed by atoms with Gasteiger partial charge in [0.15, 0.2) is 0 Å². The number of likely N-dealkylation sites (N-methyl/N-ethyl adjacent to an activating group) is 1. The summed E-state index contributed by atoms with van der Waals surface area (Å²) in [4.78, 5) is 19.0. The van der Waals surface area contributed by atoms with E-state index in [-0.39, 0.29) is 18.1 Å². The van der Waals surface area contributed by atoms with Crippen LogP contribution in [-0.2, 0) is 17.9 Å². The molecule has 0 aromatic heterocycles. The van der Waals surface area contributed by atoms with E-state index in [2.05, 4.69) is 29.0 Å². The number of nitrogens with zero attached hydrogens (tertiary/aromatic N) is 3. The van der Waals surface area contributed by atoms with Crippen LogP contribution in [0.3, 0.4) is 0 Å². The predicted molar refractivity (Wildman–Crippen MR) is 106 cm³/mol. The Morgan fingerprint density at radius 1 is 1.19 bits per heavy atom. The molecule has 0 saturated carbocycles. The molecule has 6 nitrogen and oxygen atoms in total. The molecule has 0 bridgehead atoms. The van der Waals surface area contributed by atoms with E-state index in [0.717, 1.165) is 56.9 Å². The van der Waals surface area contributed by atoms with E-state index in [1.807, 2.05) is 24.9 Å². The topological polar surface area (TPSA) is 56.2 Å². The lowest BCUT2D eigenvalue weighted by Crippen LogP contribution is -2.60. The second-order valence-corrected chi connectivity index (χ2v) is 7.96. The first-order valence-electron chi connectivity index (χ1n) is 10.0. The zero-order valence-electron chi connectivity index (χ0n) is 16.9. The minimum absolute atomic E-state index is 0.00963. The third-order valence-electron chi connectivity index (χ3n) is 6.22. The maximum absolute atomic E-state index is 12.1. The van der Waals surface area contributed by atoms with Crippen molar-refractivity contribution in [2.45, 2.75) is 44.9 Å². The first-order valence-corrected chi connectivity index (χ1v) is 10.0. The van der Waals surface area contributed by atoms with Gasteiger partial charge in [-0.25, -0.2) is 0 Å². The van der Waals surface area contributed by atoms with Gasteiger partial charge in [-0.3, -0.25) is 14.6 Å². The molecule has 2 saturated heterocycles. The molecule has 1 aromatic rings. The summed E-state index contributed by atoms with van der Waals surface area (Å²) in [6.07, 6.45) is 2.58. The van der Waals surface area contributed by atoms with Gasteiger partial charge in [0.1, 0.15) is 5.75 Å². The van der Waals surface area contributed by atoms with Crippen LogP contribution < -0.4 is 4.74 Å². The number of hydrogen-bond acceptors (Lipinski definition) is 5. The molecule has 2 aliphatic rings. The average Bonchev–Trinajstić information content (AvgIpc) is 2.81. The fraction of sp³-hybridized carbons (Fsp3) is 0.667. The molecule has 1 atom stereocenters. The number of ether oxygens (including phenoxy) is 1. The lowest BCUT2D eigenvalue weighted by molar-refractivity contribution is -0.129. The van der Waals surface area contributed by atoms with Crippen molar-refractivity contribution in [2.75, 3.05) is 46.9 Å². The highest BCUT2D eigenvalue weighted by Gasteiger charge is 2.41. The highest BCUT2D eigenvalue weighted by Crippen LogP contribution is 2.32. The predicted octanol–water partition coefficient (Wildman–Crippen LogP) is 1.71. The maximum atomic E-state index is 12.1. The van der Waals surface area contributed by atoms with E-state index in [1.165, 1.54) is 5.56 Å². The third kappa shape index (κ3) is 4.45. The number of benzene rings is 1. The number of aliphatic hydroxyl groups is 1. The van der Waals surface area contributed by atoms with Gasteiger partial charge in [0.05, 0.1) is 13.2 Å². The van der Waals surface area contributed by atoms with Crippen LogP contribution >= 0.6 is 0 Å². The van der Waals surface area contributed by atoms with E-state index in [1.54, 1.807) is 0 Å². The molecule has 0 radical (unpaired) electrons. The standard InChI is InChI=1S/C21H33N3O3/c1-4-27-19-6-5-17(13-18(19)15-25)14-24-12-11-23(3)21(16-24)8-7-20(26)22(2)10-9-21/h5-6,13,25H,4,7-12,14-16H2,1-3H3. The zero-order chi connectivity index (χ0) is 19.4. The first-order chi connectivity index (χ1) is 13.0. The molecule has 2 heterocycles. The molecule has 0 aliphatic carbocycles. The van der Waals surface area contributed by atoms with Crippen LogP contribution in [0, 0.1) is 0 Å². The van der Waals surface area contributed by atoms with Crippen LogP contribution in [-0.4, -0.2) is 78.1 Å². The summed E-state index contributed by atoms with van der Waals surface area (Å²) in [5.74, 6) is 1.03. The van der Waals surface area contributed by atoms with Crippen molar-refractivity contribution in [3.05, 3.63) is 29.3 Å². The monoisotopic (exact) mass is 375 g/mol. The number of amides is 1. The highest BCUT2D eigenvalue weighted by molar-refractivity contribution is 5.76. The molecule has 6 heteroatoms. The van der Waals surface area contributed by atoms with Gasteiger partial charge < -0.3 is 14.7 Å². The SMILES string of the molecule is CCOc1ccc(CN2CCN(C)C3(CCC(=O)N(C)CC3)C2)cc1CO. The molecule has 1 N–H and O–H groups in total. The van der Waals surface area contributed by atoms with Crippen molar-refractivity contribution >= 4 is 5.91 Å². The van der Waals surface area contributed by atoms with Gasteiger partial charge in [-0.1, -0.05) is 6.07 Å². The Labute approximate surface area is 162 Å². The summed E-state index contributed by atoms with van der Waals surface area (Å²) >= 11 is 0. The second kappa shape index (κ2) is 8.59. The van der Waals surface area contributed by atoms with Crippen LogP contribution in [0.4, 0.5) is 0 Å². The molecule has 1 aromatic carbocycles. The lowest BCUT2D eigenvalue weighted by Gasteiger charge is -2.49. The normalized spacial score (nSPS) is 25.0. The lowest BCUT2D eigenvalue weighted by atomic mass is 9.86. The largest absolute Gasteiger partial charge is 0.494 e. The Balaban J connectivity index is 1.72. The molecule has 1 spiro atoms. The van der Waals surface area contributed by atoms with Crippen LogP contribution in [0.2, 0.25) is 0 Å². The summed E-state index contributed by atoms with van der Waals surface area (Å²) in [6, 6.07) is 6.12. The van der Waals surface area contributed by atoms with Crippen molar-refractivity contribution < 1.29 is 14.6 Å². The van der Waals surface area contributed by atoms with Crippen LogP contribution in [0.5, 0.6) is 5.75 Å². The minimum atomic E-state index is -0.00963. The Hall–Kier alpha value is -1.63. The van der Waals surface area contributed by atoms with Crippen LogP contribution in [0.25, 0.3) is 0 Å². The number of carbonyl (C=O) groups excluding carboxylic acids is 1. The molecule has 27 heavy (non-hydrogen) atoms. The van der Waals surface area contributed by atoms with Gasteiger partial charge in [0, 0.05) is 57.3 Å². The molecule has 150 valence electrons. The number of piperazine rings is 1. The minimum Gasteiger partial charge on any atom is -0.494 e.